The number of hydrogen-bond donors (Lipinski definition) is 2. The molecule has 2 saturated heterocycles. The highest BCUT2D eigenvalue weighted by atomic mass is 16.3. The Labute approximate surface area is 194 Å². The number of hydrogen-bond acceptors (Lipinski definition) is 7. The van der Waals surface area contributed by atoms with Gasteiger partial charge in [-0.3, -0.25) is 14.6 Å². The Kier molecular flexibility index (Phi) is 8.52. The highest BCUT2D eigenvalue weighted by molar-refractivity contribution is 5.94. The molecule has 0 radical (unpaired) electrons. The van der Waals surface area contributed by atoms with E-state index in [9.17, 15) is 14.7 Å². The number of carbonyl (C=O) groups is 2. The summed E-state index contributed by atoms with van der Waals surface area (Å²) in [5.74, 6) is -0.0955. The molecule has 1 aromatic carbocycles. The van der Waals surface area contributed by atoms with Gasteiger partial charge < -0.3 is 20.2 Å². The lowest BCUT2D eigenvalue weighted by Crippen LogP contribution is -2.40. The number of aldehydes is 1. The van der Waals surface area contributed by atoms with E-state index in [2.05, 4.69) is 27.3 Å². The number of nitrogens with one attached hydrogen (secondary N) is 1. The van der Waals surface area contributed by atoms with Gasteiger partial charge >= 0.3 is 0 Å². The Morgan fingerprint density at radius 1 is 1.21 bits per heavy atom. The number of likely N-dealkylation sites (N-methyl/N-ethyl adjacent to an activating group) is 1. The Balaban J connectivity index is 0.000000186. The van der Waals surface area contributed by atoms with Crippen molar-refractivity contribution >= 4 is 17.9 Å². The minimum atomic E-state index is -0.297. The molecule has 0 spiro atoms. The Hall–Kier alpha value is -3.28. The van der Waals surface area contributed by atoms with Crippen molar-refractivity contribution in [2.24, 2.45) is 0 Å². The fraction of sp³-hybridized carbons (Fsp3) is 0.440. The topological polar surface area (TPSA) is 110 Å². The molecule has 0 saturated carbocycles. The summed E-state index contributed by atoms with van der Waals surface area (Å²) >= 11 is 0. The largest absolute Gasteiger partial charge is 0.393 e. The molecule has 1 amide bonds. The quantitative estimate of drug-likeness (QED) is 0.689. The number of benzene rings is 1. The number of anilines is 1. The second-order valence-electron chi connectivity index (χ2n) is 8.44. The van der Waals surface area contributed by atoms with Crippen LogP contribution in [0.15, 0.2) is 36.5 Å². The minimum absolute atomic E-state index is 0.0955. The van der Waals surface area contributed by atoms with E-state index in [-0.39, 0.29) is 12.0 Å². The molecule has 4 rings (SSSR count). The second kappa shape index (κ2) is 11.5. The van der Waals surface area contributed by atoms with Gasteiger partial charge in [0.25, 0.3) is 5.91 Å². The maximum atomic E-state index is 12.0. The van der Waals surface area contributed by atoms with Crippen molar-refractivity contribution < 1.29 is 14.7 Å². The van der Waals surface area contributed by atoms with Gasteiger partial charge in [-0.25, -0.2) is 0 Å². The lowest BCUT2D eigenvalue weighted by Gasteiger charge is -2.29. The summed E-state index contributed by atoms with van der Waals surface area (Å²) in [5, 5.41) is 21.5. The molecule has 0 aliphatic carbocycles. The van der Waals surface area contributed by atoms with E-state index in [1.807, 2.05) is 26.1 Å². The molecular weight excluding hydrogens is 418 g/mol. The first-order valence-electron chi connectivity index (χ1n) is 11.3. The number of likely N-dealkylation sites (tertiary alicyclic amines) is 1. The van der Waals surface area contributed by atoms with Gasteiger partial charge in [-0.1, -0.05) is 0 Å². The summed E-state index contributed by atoms with van der Waals surface area (Å²) in [5.41, 5.74) is 3.86. The molecule has 1 atom stereocenters. The van der Waals surface area contributed by atoms with Crippen molar-refractivity contribution in [3.05, 3.63) is 58.9 Å². The van der Waals surface area contributed by atoms with Crippen LogP contribution in [-0.4, -0.2) is 72.6 Å². The van der Waals surface area contributed by atoms with Crippen molar-refractivity contribution in [1.29, 1.82) is 5.26 Å². The van der Waals surface area contributed by atoms with E-state index in [1.165, 1.54) is 24.4 Å². The van der Waals surface area contributed by atoms with Crippen LogP contribution in [-0.2, 0) is 0 Å². The SMILES string of the molecule is CN[C@H]1CCN(c2ccc(C#N)c(C)c2)C1.O=Cc1ccc(C(=O)N2CCC(O)CC2)cn1. The molecule has 8 nitrogen and oxygen atoms in total. The third kappa shape index (κ3) is 6.37. The third-order valence-electron chi connectivity index (χ3n) is 6.20. The molecule has 0 bridgehead atoms. The summed E-state index contributed by atoms with van der Waals surface area (Å²) < 4.78 is 0. The zero-order chi connectivity index (χ0) is 23.8. The van der Waals surface area contributed by atoms with Gasteiger partial charge in [0.2, 0.25) is 0 Å². The molecule has 8 heteroatoms. The van der Waals surface area contributed by atoms with Crippen LogP contribution in [0.2, 0.25) is 0 Å². The Morgan fingerprint density at radius 2 is 1.97 bits per heavy atom. The Morgan fingerprint density at radius 3 is 2.52 bits per heavy atom. The Bertz CT molecular complexity index is 994. The van der Waals surface area contributed by atoms with Crippen LogP contribution in [0.4, 0.5) is 5.69 Å². The van der Waals surface area contributed by atoms with E-state index in [0.717, 1.165) is 24.2 Å². The fourth-order valence-electron chi connectivity index (χ4n) is 4.05. The number of aromatic nitrogens is 1. The number of piperidine rings is 1. The van der Waals surface area contributed by atoms with Crippen LogP contribution in [0.3, 0.4) is 0 Å². The molecular formula is C25H31N5O3. The van der Waals surface area contributed by atoms with E-state index >= 15 is 0 Å². The number of nitrogens with zero attached hydrogens (tertiary/aromatic N) is 4. The maximum absolute atomic E-state index is 12.0. The highest BCUT2D eigenvalue weighted by Gasteiger charge is 2.23. The van der Waals surface area contributed by atoms with Gasteiger partial charge in [-0.15, -0.1) is 0 Å². The summed E-state index contributed by atoms with van der Waals surface area (Å²) in [4.78, 5) is 30.4. The maximum Gasteiger partial charge on any atom is 0.255 e. The number of carbonyl (C=O) groups excluding carboxylic acids is 2. The van der Waals surface area contributed by atoms with Crippen molar-refractivity contribution in [2.75, 3.05) is 38.1 Å². The average Bonchev–Trinajstić information content (AvgIpc) is 3.34. The van der Waals surface area contributed by atoms with Gasteiger partial charge in [-0.05, 0) is 69.1 Å². The predicted octanol–water partition coefficient (Wildman–Crippen LogP) is 2.16. The molecule has 33 heavy (non-hydrogen) atoms. The van der Waals surface area contributed by atoms with E-state index in [1.54, 1.807) is 11.0 Å². The van der Waals surface area contributed by atoms with Gasteiger partial charge in [0.05, 0.1) is 23.3 Å². The van der Waals surface area contributed by atoms with Crippen molar-refractivity contribution in [1.82, 2.24) is 15.2 Å². The number of nitriles is 1. The highest BCUT2D eigenvalue weighted by Crippen LogP contribution is 2.23. The average molecular weight is 450 g/mol. The van der Waals surface area contributed by atoms with Crippen molar-refractivity contribution in [2.45, 2.75) is 38.3 Å². The van der Waals surface area contributed by atoms with E-state index < -0.39 is 0 Å². The molecule has 3 heterocycles. The van der Waals surface area contributed by atoms with Crippen LogP contribution in [0.5, 0.6) is 0 Å². The smallest absolute Gasteiger partial charge is 0.255 e. The summed E-state index contributed by atoms with van der Waals surface area (Å²) in [7, 11) is 2.01. The molecule has 2 fully saturated rings. The molecule has 1 aromatic heterocycles. The lowest BCUT2D eigenvalue weighted by molar-refractivity contribution is 0.0546. The monoisotopic (exact) mass is 449 g/mol. The number of aryl methyl sites for hydroxylation is 1. The molecule has 2 aromatic rings. The molecule has 2 aliphatic heterocycles. The van der Waals surface area contributed by atoms with Gasteiger partial charge in [0, 0.05) is 44.1 Å². The number of amides is 1. The van der Waals surface area contributed by atoms with Crippen LogP contribution in [0.25, 0.3) is 0 Å². The van der Waals surface area contributed by atoms with Crippen LogP contribution in [0.1, 0.15) is 51.2 Å². The number of aliphatic hydroxyl groups excluding tert-OH is 1. The second-order valence-corrected chi connectivity index (χ2v) is 8.44. The number of pyridine rings is 1. The molecule has 2 N–H and O–H groups in total. The van der Waals surface area contributed by atoms with Crippen LogP contribution >= 0.6 is 0 Å². The molecule has 2 aliphatic rings. The number of aliphatic hydroxyl groups is 1. The molecule has 0 unspecified atom stereocenters. The van der Waals surface area contributed by atoms with Crippen LogP contribution in [0, 0.1) is 18.3 Å². The predicted molar refractivity (Wildman–Crippen MR) is 126 cm³/mol. The third-order valence-corrected chi connectivity index (χ3v) is 6.20. The summed E-state index contributed by atoms with van der Waals surface area (Å²) in [6, 6.07) is 12.0. The summed E-state index contributed by atoms with van der Waals surface area (Å²) in [6.07, 6.45) is 4.18. The lowest BCUT2D eigenvalue weighted by atomic mass is 10.1. The minimum Gasteiger partial charge on any atom is -0.393 e. The van der Waals surface area contributed by atoms with Gasteiger partial charge in [0.15, 0.2) is 6.29 Å². The first kappa shape index (κ1) is 24.4. The number of rotatable bonds is 4. The van der Waals surface area contributed by atoms with Crippen molar-refractivity contribution in [3.8, 4) is 6.07 Å². The standard InChI is InChI=1S/C13H17N3.C12H14N2O3/c1-10-7-13(4-3-11(10)8-14)16-6-5-12(9-16)15-2;15-8-10-2-1-9(7-13-10)12(17)14-5-3-11(16)4-6-14/h3-4,7,12,15H,5-6,9H2,1-2H3;1-2,7-8,11,16H,3-6H2/t12-;/m0./s1. The van der Waals surface area contributed by atoms with Crippen molar-refractivity contribution in [3.63, 3.8) is 0 Å². The summed E-state index contributed by atoms with van der Waals surface area (Å²) in [6.45, 7) is 5.28. The normalized spacial score (nSPS) is 18.3. The molecule has 174 valence electrons. The first-order chi connectivity index (χ1) is 15.9. The van der Waals surface area contributed by atoms with Gasteiger partial charge in [0.1, 0.15) is 5.69 Å². The van der Waals surface area contributed by atoms with Gasteiger partial charge in [-0.2, -0.15) is 5.26 Å². The fourth-order valence-corrected chi connectivity index (χ4v) is 4.05. The first-order valence-corrected chi connectivity index (χ1v) is 11.3. The zero-order valence-corrected chi connectivity index (χ0v) is 19.2. The van der Waals surface area contributed by atoms with E-state index in [0.29, 0.717) is 49.5 Å². The van der Waals surface area contributed by atoms with E-state index in [4.69, 9.17) is 5.26 Å². The van der Waals surface area contributed by atoms with Crippen LogP contribution < -0.4 is 10.2 Å². The zero-order valence-electron chi connectivity index (χ0n) is 19.2.